The Hall–Kier alpha value is -1.88. The summed E-state index contributed by atoms with van der Waals surface area (Å²) in [5, 5.41) is 0. The van der Waals surface area contributed by atoms with Crippen molar-refractivity contribution in [3.8, 4) is 0 Å². The van der Waals surface area contributed by atoms with Crippen LogP contribution in [0.5, 0.6) is 0 Å². The molecule has 2 fully saturated rings. The van der Waals surface area contributed by atoms with Gasteiger partial charge in [0.1, 0.15) is 5.75 Å². The van der Waals surface area contributed by atoms with Crippen LogP contribution in [-0.2, 0) is 35.0 Å². The lowest BCUT2D eigenvalue weighted by Gasteiger charge is -2.44. The van der Waals surface area contributed by atoms with E-state index in [0.29, 0.717) is 5.56 Å². The Kier molecular flexibility index (Phi) is 8.26. The van der Waals surface area contributed by atoms with Crippen LogP contribution in [0.25, 0.3) is 0 Å². The van der Waals surface area contributed by atoms with Crippen molar-refractivity contribution in [1.82, 2.24) is 4.90 Å². The van der Waals surface area contributed by atoms with Crippen LogP contribution in [0.1, 0.15) is 30.1 Å². The second-order valence-electron chi connectivity index (χ2n) is 7.65. The fourth-order valence-corrected chi connectivity index (χ4v) is 6.35. The number of ketones is 1. The number of hydrogen-bond acceptors (Lipinski definition) is 7. The number of methoxy groups -OCH3 is 1. The number of ether oxygens (including phenoxy) is 2. The molecular formula is C22H23BrClNO7S. The summed E-state index contributed by atoms with van der Waals surface area (Å²) in [6, 6.07) is 4.88. The van der Waals surface area contributed by atoms with Gasteiger partial charge in [-0.2, -0.15) is 0 Å². The average Bonchev–Trinajstić information content (AvgIpc) is 3.10. The van der Waals surface area contributed by atoms with Gasteiger partial charge < -0.3 is 18.9 Å². The number of alkyl halides is 1. The van der Waals surface area contributed by atoms with Gasteiger partial charge in [0.05, 0.1) is 19.1 Å². The molecule has 5 atom stereocenters. The largest absolute Gasteiger partial charge is 0.615 e. The number of carbonyl (C=O) groups is 4. The molecule has 11 heteroatoms. The molecule has 0 bridgehead atoms. The van der Waals surface area contributed by atoms with Gasteiger partial charge >= 0.3 is 11.9 Å². The number of hydrogen-bond donors (Lipinski definition) is 0. The van der Waals surface area contributed by atoms with E-state index < -0.39 is 57.7 Å². The van der Waals surface area contributed by atoms with Crippen LogP contribution in [0.3, 0.4) is 0 Å². The van der Waals surface area contributed by atoms with E-state index in [2.05, 4.69) is 20.7 Å². The number of rotatable bonds is 9. The second-order valence-corrected chi connectivity index (χ2v) is 11.5. The first-order valence-electron chi connectivity index (χ1n) is 10.2. The Morgan fingerprint density at radius 2 is 2.00 bits per heavy atom. The normalized spacial score (nSPS) is 27.1. The van der Waals surface area contributed by atoms with Crippen LogP contribution in [0.15, 0.2) is 40.9 Å². The minimum absolute atomic E-state index is 0.137. The molecule has 2 aliphatic heterocycles. The molecule has 0 radical (unpaired) electrons. The van der Waals surface area contributed by atoms with Crippen molar-refractivity contribution >= 4 is 62.3 Å². The summed E-state index contributed by atoms with van der Waals surface area (Å²) in [5.41, 5.74) is 0.363. The molecule has 2 heterocycles. The molecule has 2 aliphatic rings. The topological polar surface area (TPSA) is 113 Å². The smallest absolute Gasteiger partial charge is 0.336 e. The molecule has 1 aromatic carbocycles. The lowest BCUT2D eigenvalue weighted by Crippen LogP contribution is -2.63. The van der Waals surface area contributed by atoms with Gasteiger partial charge in [0.15, 0.2) is 18.4 Å². The van der Waals surface area contributed by atoms with Crippen molar-refractivity contribution in [1.29, 1.82) is 0 Å². The van der Waals surface area contributed by atoms with Crippen molar-refractivity contribution in [3.63, 3.8) is 0 Å². The van der Waals surface area contributed by atoms with E-state index in [0.717, 1.165) is 4.47 Å². The van der Waals surface area contributed by atoms with Crippen LogP contribution < -0.4 is 0 Å². The maximum absolute atomic E-state index is 13.0. The Balaban J connectivity index is 1.73. The standard InChI is InChI=1S/C22H23BrClNO7S/c1-3-33(30)22(24)11-16-15(5-4-6-18(27)31-2)20(28)25(16)19(22)21(29)32-12-17(26)13-7-9-14(23)10-8-13/h4,6-10,15-16,19H,3,5,11-12H2,1-2H3/b6-4+. The number of carbonyl (C=O) groups excluding carboxylic acids is 4. The van der Waals surface area contributed by atoms with E-state index in [1.807, 2.05) is 0 Å². The van der Waals surface area contributed by atoms with E-state index in [-0.39, 0.29) is 24.5 Å². The molecule has 0 N–H and O–H groups in total. The lowest BCUT2D eigenvalue weighted by molar-refractivity contribution is -0.166. The van der Waals surface area contributed by atoms with Gasteiger partial charge in [-0.3, -0.25) is 9.59 Å². The average molecular weight is 561 g/mol. The maximum atomic E-state index is 13.0. The van der Waals surface area contributed by atoms with E-state index in [4.69, 9.17) is 16.3 Å². The van der Waals surface area contributed by atoms with Crippen molar-refractivity contribution in [2.75, 3.05) is 19.5 Å². The summed E-state index contributed by atoms with van der Waals surface area (Å²) >= 11 is 8.38. The molecule has 1 aromatic rings. The number of nitrogens with zero attached hydrogens (tertiary/aromatic N) is 1. The lowest BCUT2D eigenvalue weighted by atomic mass is 9.85. The van der Waals surface area contributed by atoms with Gasteiger partial charge in [0.25, 0.3) is 0 Å². The third kappa shape index (κ3) is 5.13. The molecule has 0 aliphatic carbocycles. The second kappa shape index (κ2) is 10.6. The van der Waals surface area contributed by atoms with Crippen LogP contribution in [-0.4, -0.2) is 68.8 Å². The highest BCUT2D eigenvalue weighted by atomic mass is 79.9. The van der Waals surface area contributed by atoms with Crippen molar-refractivity contribution < 1.29 is 33.2 Å². The summed E-state index contributed by atoms with van der Waals surface area (Å²) in [6.07, 6.45) is 3.14. The minimum Gasteiger partial charge on any atom is -0.615 e. The minimum atomic E-state index is -1.63. The number of fused-ring (bicyclic) bond motifs is 1. The summed E-state index contributed by atoms with van der Waals surface area (Å²) in [6.45, 7) is 1.15. The number of esters is 2. The van der Waals surface area contributed by atoms with E-state index in [1.165, 1.54) is 24.2 Å². The van der Waals surface area contributed by atoms with E-state index in [9.17, 15) is 23.7 Å². The zero-order chi connectivity index (χ0) is 24.3. The van der Waals surface area contributed by atoms with Gasteiger partial charge in [-0.1, -0.05) is 45.7 Å². The first-order chi connectivity index (χ1) is 15.6. The third-order valence-electron chi connectivity index (χ3n) is 5.79. The molecule has 5 unspecified atom stereocenters. The van der Waals surface area contributed by atoms with Gasteiger partial charge in [0, 0.05) is 22.5 Å². The predicted molar refractivity (Wildman–Crippen MR) is 125 cm³/mol. The quantitative estimate of drug-likeness (QED) is 0.114. The Morgan fingerprint density at radius 1 is 1.33 bits per heavy atom. The zero-order valence-electron chi connectivity index (χ0n) is 18.0. The molecule has 2 saturated heterocycles. The van der Waals surface area contributed by atoms with Gasteiger partial charge in [-0.15, -0.1) is 0 Å². The summed E-state index contributed by atoms with van der Waals surface area (Å²) in [4.78, 5) is 50.8. The Bertz CT molecular complexity index is 972. The number of benzene rings is 1. The highest BCUT2D eigenvalue weighted by Gasteiger charge is 2.70. The zero-order valence-corrected chi connectivity index (χ0v) is 21.2. The maximum Gasteiger partial charge on any atom is 0.336 e. The molecule has 1 amide bonds. The monoisotopic (exact) mass is 559 g/mol. The molecule has 0 saturated carbocycles. The number of halogens is 2. The highest BCUT2D eigenvalue weighted by Crippen LogP contribution is 2.52. The SMILES string of the molecule is CC[S+]([O-])C1(Cl)CC2C(C/C=C/C(=O)OC)C(=O)N2C1C(=O)OCC(=O)c1ccc(Br)cc1. The molecule has 33 heavy (non-hydrogen) atoms. The van der Waals surface area contributed by atoms with Gasteiger partial charge in [-0.25, -0.2) is 9.59 Å². The number of β-lactam (4-membered cyclic amide) rings is 1. The van der Waals surface area contributed by atoms with Gasteiger partial charge in [-0.05, 0) is 36.7 Å². The van der Waals surface area contributed by atoms with Crippen LogP contribution >= 0.6 is 27.5 Å². The molecule has 3 rings (SSSR count). The number of amides is 1. The Labute approximate surface area is 207 Å². The van der Waals surface area contributed by atoms with Crippen molar-refractivity contribution in [2.45, 2.75) is 36.1 Å². The van der Waals surface area contributed by atoms with Crippen LogP contribution in [0.2, 0.25) is 0 Å². The predicted octanol–water partition coefficient (Wildman–Crippen LogP) is 2.60. The fourth-order valence-electron chi connectivity index (χ4n) is 4.11. The number of allylic oxidation sites excluding steroid dienone is 1. The van der Waals surface area contributed by atoms with Crippen LogP contribution in [0, 0.1) is 5.92 Å². The van der Waals surface area contributed by atoms with Crippen LogP contribution in [0.4, 0.5) is 0 Å². The van der Waals surface area contributed by atoms with Gasteiger partial charge in [0.2, 0.25) is 10.1 Å². The van der Waals surface area contributed by atoms with Crippen molar-refractivity contribution in [2.24, 2.45) is 5.92 Å². The first-order valence-corrected chi connectivity index (χ1v) is 12.7. The fraction of sp³-hybridized carbons (Fsp3) is 0.455. The van der Waals surface area contributed by atoms with E-state index in [1.54, 1.807) is 31.2 Å². The summed E-state index contributed by atoms with van der Waals surface area (Å²) in [5.74, 6) is -2.47. The molecule has 178 valence electrons. The highest BCUT2D eigenvalue weighted by molar-refractivity contribution is 9.10. The van der Waals surface area contributed by atoms with Crippen molar-refractivity contribution in [3.05, 3.63) is 46.5 Å². The molecule has 0 aromatic heterocycles. The third-order valence-corrected chi connectivity index (χ3v) is 8.87. The van der Waals surface area contributed by atoms with E-state index >= 15 is 0 Å². The molecule has 0 spiro atoms. The summed E-state index contributed by atoms with van der Waals surface area (Å²) in [7, 11) is 1.25. The number of Topliss-reactive ketones (excluding diaryl/α,β-unsaturated/α-hetero) is 1. The first kappa shape index (κ1) is 25.7. The molecular weight excluding hydrogens is 538 g/mol. The Morgan fingerprint density at radius 3 is 2.61 bits per heavy atom. The molecule has 8 nitrogen and oxygen atoms in total. The summed E-state index contributed by atoms with van der Waals surface area (Å²) < 4.78 is 21.9.